The van der Waals surface area contributed by atoms with Gasteiger partial charge in [-0.05, 0) is 43.0 Å². The van der Waals surface area contributed by atoms with Crippen LogP contribution < -0.4 is 16.1 Å². The molecule has 170 valence electrons. The molecule has 1 aliphatic heterocycles. The first-order valence-electron chi connectivity index (χ1n) is 10.9. The molecule has 0 spiro atoms. The predicted molar refractivity (Wildman–Crippen MR) is 122 cm³/mol. The van der Waals surface area contributed by atoms with Crippen molar-refractivity contribution < 1.29 is 13.9 Å². The molecule has 0 atom stereocenters. The van der Waals surface area contributed by atoms with Crippen molar-refractivity contribution in [2.45, 2.75) is 25.9 Å². The first-order valence-corrected chi connectivity index (χ1v) is 10.9. The molecule has 9 heteroatoms. The monoisotopic (exact) mass is 448 g/mol. The van der Waals surface area contributed by atoms with Crippen LogP contribution in [0.4, 0.5) is 0 Å². The molecule has 0 aliphatic carbocycles. The SMILES string of the molecule is COc1ccc2c(=O)n(CC3CCN(C(=O)Cn4c(=O)oc5ccccc54)CC3)cnc2c1. The van der Waals surface area contributed by atoms with Gasteiger partial charge in [-0.15, -0.1) is 0 Å². The van der Waals surface area contributed by atoms with E-state index < -0.39 is 5.76 Å². The summed E-state index contributed by atoms with van der Waals surface area (Å²) in [5.74, 6) is 0.289. The Kier molecular flexibility index (Phi) is 5.45. The van der Waals surface area contributed by atoms with Crippen molar-refractivity contribution in [1.29, 1.82) is 0 Å². The average Bonchev–Trinajstić information content (AvgIpc) is 3.16. The Morgan fingerprint density at radius 1 is 1.15 bits per heavy atom. The summed E-state index contributed by atoms with van der Waals surface area (Å²) >= 11 is 0. The molecule has 33 heavy (non-hydrogen) atoms. The number of nitrogens with zero attached hydrogens (tertiary/aromatic N) is 4. The van der Waals surface area contributed by atoms with Crippen LogP contribution >= 0.6 is 0 Å². The Labute approximate surface area is 188 Å². The smallest absolute Gasteiger partial charge is 0.420 e. The summed E-state index contributed by atoms with van der Waals surface area (Å²) in [7, 11) is 1.58. The summed E-state index contributed by atoms with van der Waals surface area (Å²) in [6.07, 6.45) is 3.14. The van der Waals surface area contributed by atoms with Gasteiger partial charge in [0.2, 0.25) is 5.91 Å². The highest BCUT2D eigenvalue weighted by Gasteiger charge is 2.25. The van der Waals surface area contributed by atoms with E-state index in [1.165, 1.54) is 4.57 Å². The van der Waals surface area contributed by atoms with Crippen LogP contribution in [0.1, 0.15) is 12.8 Å². The minimum atomic E-state index is -0.528. The number of aromatic nitrogens is 3. The van der Waals surface area contributed by atoms with Gasteiger partial charge in [0, 0.05) is 25.7 Å². The number of amides is 1. The van der Waals surface area contributed by atoms with Gasteiger partial charge in [0.1, 0.15) is 12.3 Å². The fourth-order valence-corrected chi connectivity index (χ4v) is 4.44. The van der Waals surface area contributed by atoms with Gasteiger partial charge in [-0.3, -0.25) is 18.7 Å². The van der Waals surface area contributed by atoms with Crippen LogP contribution in [0.15, 0.2) is 62.8 Å². The maximum atomic E-state index is 12.9. The number of rotatable bonds is 5. The van der Waals surface area contributed by atoms with Crippen molar-refractivity contribution in [2.24, 2.45) is 5.92 Å². The first kappa shape index (κ1) is 21.0. The molecular weight excluding hydrogens is 424 g/mol. The minimum Gasteiger partial charge on any atom is -0.497 e. The minimum absolute atomic E-state index is 0.0436. The summed E-state index contributed by atoms with van der Waals surface area (Å²) in [5, 5.41) is 0.559. The molecule has 0 unspecified atom stereocenters. The fourth-order valence-electron chi connectivity index (χ4n) is 4.44. The van der Waals surface area contributed by atoms with Crippen LogP contribution in [-0.4, -0.2) is 45.1 Å². The van der Waals surface area contributed by atoms with Gasteiger partial charge in [-0.25, -0.2) is 9.78 Å². The number of benzene rings is 2. The van der Waals surface area contributed by atoms with Crippen molar-refractivity contribution in [3.05, 3.63) is 69.7 Å². The highest BCUT2D eigenvalue weighted by Crippen LogP contribution is 2.21. The summed E-state index contributed by atoms with van der Waals surface area (Å²) in [6.45, 7) is 1.68. The molecule has 2 aromatic carbocycles. The Bertz CT molecular complexity index is 1440. The van der Waals surface area contributed by atoms with Crippen molar-refractivity contribution in [3.8, 4) is 5.75 Å². The number of para-hydroxylation sites is 2. The first-order chi connectivity index (χ1) is 16.0. The number of carbonyl (C=O) groups is 1. The van der Waals surface area contributed by atoms with Gasteiger partial charge < -0.3 is 14.1 Å². The molecule has 0 bridgehead atoms. The summed E-state index contributed by atoms with van der Waals surface area (Å²) in [4.78, 5) is 44.0. The largest absolute Gasteiger partial charge is 0.497 e. The Morgan fingerprint density at radius 2 is 1.94 bits per heavy atom. The van der Waals surface area contributed by atoms with Crippen molar-refractivity contribution in [2.75, 3.05) is 20.2 Å². The van der Waals surface area contributed by atoms with Gasteiger partial charge in [0.05, 0.1) is 29.9 Å². The molecule has 0 radical (unpaired) electrons. The lowest BCUT2D eigenvalue weighted by Crippen LogP contribution is -2.42. The number of hydrogen-bond donors (Lipinski definition) is 0. The van der Waals surface area contributed by atoms with Crippen molar-refractivity contribution in [3.63, 3.8) is 0 Å². The second kappa shape index (κ2) is 8.57. The molecule has 1 amide bonds. The van der Waals surface area contributed by atoms with E-state index in [0.29, 0.717) is 47.4 Å². The molecule has 1 aliphatic rings. The van der Waals surface area contributed by atoms with Crippen LogP contribution in [0.5, 0.6) is 5.75 Å². The van der Waals surface area contributed by atoms with Gasteiger partial charge in [-0.2, -0.15) is 0 Å². The number of ether oxygens (including phenoxy) is 1. The highest BCUT2D eigenvalue weighted by molar-refractivity contribution is 5.80. The van der Waals surface area contributed by atoms with E-state index in [0.717, 1.165) is 12.8 Å². The molecule has 1 fully saturated rings. The number of oxazole rings is 1. The molecule has 3 heterocycles. The van der Waals surface area contributed by atoms with Crippen molar-refractivity contribution >= 4 is 27.9 Å². The Balaban J connectivity index is 1.23. The fraction of sp³-hybridized carbons (Fsp3) is 0.333. The second-order valence-electron chi connectivity index (χ2n) is 8.33. The number of piperidine rings is 1. The zero-order valence-electron chi connectivity index (χ0n) is 18.3. The zero-order chi connectivity index (χ0) is 22.9. The number of carbonyl (C=O) groups excluding carboxylic acids is 1. The standard InChI is InChI=1S/C24H24N4O5/c1-32-17-6-7-18-19(12-17)25-15-27(23(18)30)13-16-8-10-26(11-9-16)22(29)14-28-20-4-2-3-5-21(20)33-24(28)31/h2-7,12,15-16H,8-11,13-14H2,1H3. The predicted octanol–water partition coefficient (Wildman–Crippen LogP) is 2.25. The van der Waals surface area contributed by atoms with E-state index in [2.05, 4.69) is 4.98 Å². The lowest BCUT2D eigenvalue weighted by atomic mass is 9.96. The van der Waals surface area contributed by atoms with Gasteiger partial charge in [0.15, 0.2) is 5.58 Å². The molecule has 5 rings (SSSR count). The number of likely N-dealkylation sites (tertiary alicyclic amines) is 1. The summed E-state index contributed by atoms with van der Waals surface area (Å²) in [6, 6.07) is 12.3. The third-order valence-electron chi connectivity index (χ3n) is 6.32. The van der Waals surface area contributed by atoms with Crippen LogP contribution in [0, 0.1) is 5.92 Å². The second-order valence-corrected chi connectivity index (χ2v) is 8.33. The van der Waals surface area contributed by atoms with Gasteiger partial charge in [-0.1, -0.05) is 12.1 Å². The summed E-state index contributed by atoms with van der Waals surface area (Å²) in [5.41, 5.74) is 1.62. The third-order valence-corrected chi connectivity index (χ3v) is 6.32. The topological polar surface area (TPSA) is 99.6 Å². The normalized spacial score (nSPS) is 14.8. The van der Waals surface area contributed by atoms with E-state index in [1.54, 1.807) is 59.3 Å². The van der Waals surface area contributed by atoms with Crippen LogP contribution in [-0.2, 0) is 17.9 Å². The van der Waals surface area contributed by atoms with E-state index >= 15 is 0 Å². The molecule has 9 nitrogen and oxygen atoms in total. The van der Waals surface area contributed by atoms with Crippen molar-refractivity contribution in [1.82, 2.24) is 19.0 Å². The van der Waals surface area contributed by atoms with Crippen LogP contribution in [0.2, 0.25) is 0 Å². The molecule has 0 N–H and O–H groups in total. The van der Waals surface area contributed by atoms with Crippen LogP contribution in [0.25, 0.3) is 22.0 Å². The van der Waals surface area contributed by atoms with E-state index in [9.17, 15) is 14.4 Å². The van der Waals surface area contributed by atoms with Gasteiger partial charge >= 0.3 is 5.76 Å². The maximum Gasteiger partial charge on any atom is 0.420 e. The van der Waals surface area contributed by atoms with E-state index in [-0.39, 0.29) is 23.9 Å². The Morgan fingerprint density at radius 3 is 2.73 bits per heavy atom. The molecule has 4 aromatic rings. The van der Waals surface area contributed by atoms with E-state index in [4.69, 9.17) is 9.15 Å². The number of hydrogen-bond acceptors (Lipinski definition) is 6. The highest BCUT2D eigenvalue weighted by atomic mass is 16.5. The molecule has 0 saturated carbocycles. The number of fused-ring (bicyclic) bond motifs is 2. The quantitative estimate of drug-likeness (QED) is 0.464. The summed E-state index contributed by atoms with van der Waals surface area (Å²) < 4.78 is 13.4. The lowest BCUT2D eigenvalue weighted by molar-refractivity contribution is -0.133. The van der Waals surface area contributed by atoms with Gasteiger partial charge in [0.25, 0.3) is 5.56 Å². The molecule has 2 aromatic heterocycles. The lowest BCUT2D eigenvalue weighted by Gasteiger charge is -2.32. The molecule has 1 saturated heterocycles. The zero-order valence-corrected chi connectivity index (χ0v) is 18.3. The Hall–Kier alpha value is -3.88. The third kappa shape index (κ3) is 4.02. The van der Waals surface area contributed by atoms with E-state index in [1.807, 2.05) is 6.07 Å². The average molecular weight is 448 g/mol. The maximum absolute atomic E-state index is 12.9. The molecular formula is C24H24N4O5. The number of methoxy groups -OCH3 is 1. The van der Waals surface area contributed by atoms with Crippen LogP contribution in [0.3, 0.4) is 0 Å².